The number of anilines is 1. The van der Waals surface area contributed by atoms with E-state index < -0.39 is 0 Å². The molecular weight excluding hydrogens is 382 g/mol. The van der Waals surface area contributed by atoms with E-state index >= 15 is 0 Å². The highest BCUT2D eigenvalue weighted by molar-refractivity contribution is 8.00. The van der Waals surface area contributed by atoms with Crippen molar-refractivity contribution in [1.29, 1.82) is 0 Å². The second kappa shape index (κ2) is 9.09. The molecule has 5 nitrogen and oxygen atoms in total. The number of likely N-dealkylation sites (tertiary alicyclic amines) is 1. The van der Waals surface area contributed by atoms with Gasteiger partial charge in [0.05, 0.1) is 17.5 Å². The monoisotopic (exact) mass is 415 g/mol. The van der Waals surface area contributed by atoms with Crippen LogP contribution in [0.1, 0.15) is 39.5 Å². The van der Waals surface area contributed by atoms with Crippen LogP contribution in [0, 0.1) is 11.8 Å². The summed E-state index contributed by atoms with van der Waals surface area (Å²) in [5.74, 6) is 0.141. The molecule has 0 radical (unpaired) electrons. The van der Waals surface area contributed by atoms with Crippen LogP contribution in [0.2, 0.25) is 0 Å². The molecule has 2 amide bonds. The van der Waals surface area contributed by atoms with Gasteiger partial charge in [-0.15, -0.1) is 11.8 Å². The van der Waals surface area contributed by atoms with Crippen LogP contribution in [-0.4, -0.2) is 66.1 Å². The van der Waals surface area contributed by atoms with Gasteiger partial charge in [0.1, 0.15) is 0 Å². The van der Waals surface area contributed by atoms with E-state index in [0.717, 1.165) is 58.4 Å². The summed E-state index contributed by atoms with van der Waals surface area (Å²) in [7, 11) is 0. The number of thioether (sulfide) groups is 1. The van der Waals surface area contributed by atoms with E-state index in [-0.39, 0.29) is 23.7 Å². The summed E-state index contributed by atoms with van der Waals surface area (Å²) < 4.78 is 0. The number of carbonyl (C=O) groups excluding carboxylic acids is 2. The Morgan fingerprint density at radius 1 is 0.931 bits per heavy atom. The summed E-state index contributed by atoms with van der Waals surface area (Å²) in [5, 5.41) is 0.566. The Bertz CT molecular complexity index is 721. The third kappa shape index (κ3) is 4.48. The Morgan fingerprint density at radius 2 is 1.55 bits per heavy atom. The summed E-state index contributed by atoms with van der Waals surface area (Å²) in [6.07, 6.45) is 3.98. The number of fused-ring (bicyclic) bond motifs is 1. The highest BCUT2D eigenvalue weighted by Crippen LogP contribution is 2.38. The molecule has 29 heavy (non-hydrogen) atoms. The lowest BCUT2D eigenvalue weighted by atomic mass is 9.81. The van der Waals surface area contributed by atoms with Gasteiger partial charge in [-0.3, -0.25) is 19.4 Å². The fourth-order valence-electron chi connectivity index (χ4n) is 4.98. The smallest absolute Gasteiger partial charge is 0.233 e. The molecule has 2 heterocycles. The van der Waals surface area contributed by atoms with E-state index in [2.05, 4.69) is 47.9 Å². The first-order valence-electron chi connectivity index (χ1n) is 11.1. The second-order valence-corrected chi connectivity index (χ2v) is 10.4. The molecule has 0 spiro atoms. The topological polar surface area (TPSA) is 43.9 Å². The van der Waals surface area contributed by atoms with E-state index in [1.54, 1.807) is 4.90 Å². The number of imide groups is 1. The molecule has 3 fully saturated rings. The highest BCUT2D eigenvalue weighted by atomic mass is 32.2. The third-order valence-corrected chi connectivity index (χ3v) is 7.58. The standard InChI is InChI=1S/C23H33N3O2S/c1-17(2)29-21-10-6-5-9-20(21)25-14-11-24(12-15-25)13-16-26-22(27)18-7-3-4-8-19(18)23(26)28/h5-6,9-10,17-19H,3-4,7-8,11-16H2,1-2H3. The average molecular weight is 416 g/mol. The minimum absolute atomic E-state index is 0.0249. The zero-order valence-corrected chi connectivity index (χ0v) is 18.5. The molecule has 2 atom stereocenters. The van der Waals surface area contributed by atoms with Crippen LogP contribution < -0.4 is 4.90 Å². The molecule has 0 N–H and O–H groups in total. The van der Waals surface area contributed by atoms with Crippen molar-refractivity contribution < 1.29 is 9.59 Å². The fraction of sp³-hybridized carbons (Fsp3) is 0.652. The van der Waals surface area contributed by atoms with Crippen LogP contribution in [0.5, 0.6) is 0 Å². The van der Waals surface area contributed by atoms with E-state index in [1.807, 2.05) is 11.8 Å². The van der Waals surface area contributed by atoms with E-state index in [4.69, 9.17) is 0 Å². The maximum absolute atomic E-state index is 12.7. The number of amides is 2. The predicted molar refractivity (Wildman–Crippen MR) is 118 cm³/mol. The zero-order valence-electron chi connectivity index (χ0n) is 17.7. The summed E-state index contributed by atoms with van der Waals surface area (Å²) >= 11 is 1.92. The van der Waals surface area contributed by atoms with Gasteiger partial charge in [0.2, 0.25) is 11.8 Å². The van der Waals surface area contributed by atoms with Crippen LogP contribution in [-0.2, 0) is 9.59 Å². The maximum atomic E-state index is 12.7. The zero-order chi connectivity index (χ0) is 20.4. The van der Waals surface area contributed by atoms with Crippen molar-refractivity contribution in [3.05, 3.63) is 24.3 Å². The van der Waals surface area contributed by atoms with Gasteiger partial charge in [-0.2, -0.15) is 0 Å². The van der Waals surface area contributed by atoms with Crippen LogP contribution in [0.4, 0.5) is 5.69 Å². The minimum atomic E-state index is -0.0249. The van der Waals surface area contributed by atoms with Crippen molar-refractivity contribution >= 4 is 29.3 Å². The Balaban J connectivity index is 1.30. The van der Waals surface area contributed by atoms with E-state index in [9.17, 15) is 9.59 Å². The molecule has 0 bridgehead atoms. The molecular formula is C23H33N3O2S. The quantitative estimate of drug-likeness (QED) is 0.526. The van der Waals surface area contributed by atoms with Gasteiger partial charge in [0, 0.05) is 49.4 Å². The molecule has 1 aromatic carbocycles. The molecule has 2 unspecified atom stereocenters. The maximum Gasteiger partial charge on any atom is 0.233 e. The highest BCUT2D eigenvalue weighted by Gasteiger charge is 2.47. The van der Waals surface area contributed by atoms with Crippen molar-refractivity contribution in [2.24, 2.45) is 11.8 Å². The van der Waals surface area contributed by atoms with Gasteiger partial charge in [-0.1, -0.05) is 38.8 Å². The minimum Gasteiger partial charge on any atom is -0.368 e. The van der Waals surface area contributed by atoms with Crippen LogP contribution in [0.15, 0.2) is 29.2 Å². The SMILES string of the molecule is CC(C)Sc1ccccc1N1CCN(CCN2C(=O)C3CCCCC3C2=O)CC1. The van der Waals surface area contributed by atoms with E-state index in [0.29, 0.717) is 11.8 Å². The van der Waals surface area contributed by atoms with Crippen molar-refractivity contribution in [2.75, 3.05) is 44.2 Å². The number of hydrogen-bond acceptors (Lipinski definition) is 5. The Kier molecular flexibility index (Phi) is 6.50. The van der Waals surface area contributed by atoms with Crippen LogP contribution in [0.3, 0.4) is 0 Å². The number of para-hydroxylation sites is 1. The lowest BCUT2D eigenvalue weighted by Crippen LogP contribution is -2.49. The molecule has 0 aromatic heterocycles. The van der Waals surface area contributed by atoms with Crippen LogP contribution in [0.25, 0.3) is 0 Å². The number of carbonyl (C=O) groups is 2. The van der Waals surface area contributed by atoms with Crippen molar-refractivity contribution in [3.8, 4) is 0 Å². The lowest BCUT2D eigenvalue weighted by Gasteiger charge is -2.37. The molecule has 1 aromatic rings. The first kappa shape index (κ1) is 20.7. The van der Waals surface area contributed by atoms with Gasteiger partial charge in [0.15, 0.2) is 0 Å². The fourth-order valence-corrected chi connectivity index (χ4v) is 5.96. The summed E-state index contributed by atoms with van der Waals surface area (Å²) in [6.45, 7) is 9.75. The number of piperazine rings is 1. The molecule has 1 aliphatic carbocycles. The first-order valence-corrected chi connectivity index (χ1v) is 12.0. The lowest BCUT2D eigenvalue weighted by molar-refractivity contribution is -0.140. The molecule has 4 rings (SSSR count). The number of rotatable bonds is 6. The van der Waals surface area contributed by atoms with Gasteiger partial charge in [-0.25, -0.2) is 0 Å². The Hall–Kier alpha value is -1.53. The normalized spacial score (nSPS) is 25.8. The predicted octanol–water partition coefficient (Wildman–Crippen LogP) is 3.48. The second-order valence-electron chi connectivity index (χ2n) is 8.79. The number of hydrogen-bond donors (Lipinski definition) is 0. The molecule has 1 saturated carbocycles. The van der Waals surface area contributed by atoms with Gasteiger partial charge in [0.25, 0.3) is 0 Å². The Labute approximate surface area is 178 Å². The molecule has 2 saturated heterocycles. The summed E-state index contributed by atoms with van der Waals surface area (Å²) in [5.41, 5.74) is 1.33. The average Bonchev–Trinajstić information content (AvgIpc) is 2.97. The van der Waals surface area contributed by atoms with Gasteiger partial charge >= 0.3 is 0 Å². The van der Waals surface area contributed by atoms with Gasteiger partial charge < -0.3 is 4.90 Å². The van der Waals surface area contributed by atoms with Crippen molar-refractivity contribution in [2.45, 2.75) is 49.7 Å². The molecule has 2 aliphatic heterocycles. The third-order valence-electron chi connectivity index (χ3n) is 6.51. The summed E-state index contributed by atoms with van der Waals surface area (Å²) in [6, 6.07) is 8.68. The van der Waals surface area contributed by atoms with Crippen molar-refractivity contribution in [3.63, 3.8) is 0 Å². The first-order chi connectivity index (χ1) is 14.0. The number of benzene rings is 1. The molecule has 158 valence electrons. The summed E-state index contributed by atoms with van der Waals surface area (Å²) in [4.78, 5) is 33.1. The Morgan fingerprint density at radius 3 is 2.17 bits per heavy atom. The number of nitrogens with zero attached hydrogens (tertiary/aromatic N) is 3. The molecule has 6 heteroatoms. The van der Waals surface area contributed by atoms with Crippen LogP contribution >= 0.6 is 11.8 Å². The van der Waals surface area contributed by atoms with Gasteiger partial charge in [-0.05, 0) is 25.0 Å². The van der Waals surface area contributed by atoms with E-state index in [1.165, 1.54) is 10.6 Å². The largest absolute Gasteiger partial charge is 0.368 e. The van der Waals surface area contributed by atoms with Crippen molar-refractivity contribution in [1.82, 2.24) is 9.80 Å². The molecule has 3 aliphatic rings.